The Balaban J connectivity index is 3.18. The fourth-order valence-corrected chi connectivity index (χ4v) is 1.06. The van der Waals surface area contributed by atoms with Crippen LogP contribution in [0.15, 0.2) is 9.32 Å². The largest absolute Gasteiger partial charge is 0.481 e. The predicted octanol–water partition coefficient (Wildman–Crippen LogP) is -0.385. The summed E-state index contributed by atoms with van der Waals surface area (Å²) in [6.45, 7) is 1.41. The van der Waals surface area contributed by atoms with Crippen molar-refractivity contribution >= 4 is 5.97 Å². The monoisotopic (exact) mass is 186 g/mol. The number of H-pyrrole nitrogens is 1. The molecule has 1 aromatic rings. The molecule has 1 heterocycles. The van der Waals surface area contributed by atoms with Crippen LogP contribution in [0.2, 0.25) is 0 Å². The molecular weight excluding hydrogens is 176 g/mol. The highest BCUT2D eigenvalue weighted by atomic mass is 16.5. The molecule has 0 aliphatic rings. The summed E-state index contributed by atoms with van der Waals surface area (Å²) in [7, 11) is 0. The van der Waals surface area contributed by atoms with Crippen LogP contribution in [-0.2, 0) is 11.3 Å². The predicted molar refractivity (Wildman–Crippen MR) is 43.3 cm³/mol. The maximum absolute atomic E-state index is 11.1. The number of carboxylic acids is 1. The lowest BCUT2D eigenvalue weighted by atomic mass is 10.0. The van der Waals surface area contributed by atoms with E-state index in [9.17, 15) is 9.59 Å². The number of nitrogens with two attached hydrogens (primary N) is 1. The second kappa shape index (κ2) is 3.44. The van der Waals surface area contributed by atoms with Gasteiger partial charge in [-0.1, -0.05) is 0 Å². The van der Waals surface area contributed by atoms with E-state index in [0.717, 1.165) is 0 Å². The van der Waals surface area contributed by atoms with Crippen LogP contribution in [0.1, 0.15) is 24.2 Å². The molecule has 0 fully saturated rings. The molecule has 0 radical (unpaired) electrons. The van der Waals surface area contributed by atoms with E-state index in [2.05, 4.69) is 5.16 Å². The van der Waals surface area contributed by atoms with Gasteiger partial charge in [-0.2, -0.15) is 5.16 Å². The Bertz CT molecular complexity index is 365. The van der Waals surface area contributed by atoms with Gasteiger partial charge >= 0.3 is 5.97 Å². The van der Waals surface area contributed by atoms with Gasteiger partial charge in [0.05, 0.1) is 18.0 Å². The quantitative estimate of drug-likeness (QED) is 0.595. The Morgan fingerprint density at radius 1 is 1.77 bits per heavy atom. The number of rotatable bonds is 3. The zero-order valence-corrected chi connectivity index (χ0v) is 7.03. The molecule has 0 amide bonds. The van der Waals surface area contributed by atoms with Crippen molar-refractivity contribution in [2.24, 2.45) is 5.73 Å². The lowest BCUT2D eigenvalue weighted by Crippen LogP contribution is -2.18. The fourth-order valence-electron chi connectivity index (χ4n) is 1.06. The molecule has 0 bridgehead atoms. The van der Waals surface area contributed by atoms with Gasteiger partial charge in [-0.05, 0) is 6.92 Å². The van der Waals surface area contributed by atoms with Crippen LogP contribution in [0.3, 0.4) is 0 Å². The van der Waals surface area contributed by atoms with Crippen LogP contribution in [0.4, 0.5) is 0 Å². The SMILES string of the molecule is CC(C(=O)O)c1c(CN)o[nH]c1=O. The number of aliphatic carboxylic acids is 1. The van der Waals surface area contributed by atoms with E-state index in [4.69, 9.17) is 15.4 Å². The first kappa shape index (κ1) is 9.53. The summed E-state index contributed by atoms with van der Waals surface area (Å²) >= 11 is 0. The highest BCUT2D eigenvalue weighted by molar-refractivity contribution is 5.75. The van der Waals surface area contributed by atoms with Crippen molar-refractivity contribution < 1.29 is 14.4 Å². The summed E-state index contributed by atoms with van der Waals surface area (Å²) in [5.74, 6) is -1.79. The highest BCUT2D eigenvalue weighted by Crippen LogP contribution is 2.15. The Morgan fingerprint density at radius 2 is 2.38 bits per heavy atom. The number of aromatic amines is 1. The number of carboxylic acid groups (broad SMARTS) is 1. The van der Waals surface area contributed by atoms with E-state index < -0.39 is 17.4 Å². The molecule has 6 heteroatoms. The minimum atomic E-state index is -1.08. The number of nitrogens with one attached hydrogen (secondary N) is 1. The average molecular weight is 186 g/mol. The van der Waals surface area contributed by atoms with Gasteiger partial charge in [0.25, 0.3) is 5.56 Å². The molecule has 0 aliphatic heterocycles. The molecule has 0 aliphatic carbocycles. The highest BCUT2D eigenvalue weighted by Gasteiger charge is 2.23. The molecule has 1 unspecified atom stereocenters. The maximum atomic E-state index is 11.1. The van der Waals surface area contributed by atoms with Gasteiger partial charge < -0.3 is 15.4 Å². The second-order valence-electron chi connectivity index (χ2n) is 2.63. The van der Waals surface area contributed by atoms with Gasteiger partial charge in [-0.3, -0.25) is 9.59 Å². The van der Waals surface area contributed by atoms with E-state index in [0.29, 0.717) is 0 Å². The third-order valence-electron chi connectivity index (χ3n) is 1.80. The van der Waals surface area contributed by atoms with Gasteiger partial charge in [0.1, 0.15) is 0 Å². The van der Waals surface area contributed by atoms with Gasteiger partial charge in [0, 0.05) is 0 Å². The number of hydrogen-bond acceptors (Lipinski definition) is 4. The Hall–Kier alpha value is -1.56. The normalized spacial score (nSPS) is 12.8. The summed E-state index contributed by atoms with van der Waals surface area (Å²) in [5, 5.41) is 10.7. The maximum Gasteiger partial charge on any atom is 0.311 e. The van der Waals surface area contributed by atoms with Gasteiger partial charge in [0.2, 0.25) is 0 Å². The molecule has 6 nitrogen and oxygen atoms in total. The van der Waals surface area contributed by atoms with Crippen molar-refractivity contribution in [3.05, 3.63) is 21.7 Å². The van der Waals surface area contributed by atoms with E-state index in [1.807, 2.05) is 0 Å². The zero-order valence-electron chi connectivity index (χ0n) is 7.03. The van der Waals surface area contributed by atoms with Crippen molar-refractivity contribution in [1.82, 2.24) is 5.16 Å². The molecule has 0 saturated heterocycles. The first-order valence-electron chi connectivity index (χ1n) is 3.71. The van der Waals surface area contributed by atoms with Crippen LogP contribution < -0.4 is 11.3 Å². The molecule has 72 valence electrons. The van der Waals surface area contributed by atoms with E-state index in [1.165, 1.54) is 6.92 Å². The first-order valence-corrected chi connectivity index (χ1v) is 3.71. The summed E-state index contributed by atoms with van der Waals surface area (Å²) in [5.41, 5.74) is 4.82. The third-order valence-corrected chi connectivity index (χ3v) is 1.80. The van der Waals surface area contributed by atoms with Gasteiger partial charge in [0.15, 0.2) is 5.76 Å². The zero-order chi connectivity index (χ0) is 10.0. The lowest BCUT2D eigenvalue weighted by Gasteiger charge is -2.01. The topological polar surface area (TPSA) is 109 Å². The Morgan fingerprint density at radius 3 is 2.85 bits per heavy atom. The molecule has 0 saturated carbocycles. The summed E-state index contributed by atoms with van der Waals surface area (Å²) < 4.78 is 4.69. The van der Waals surface area contributed by atoms with Crippen LogP contribution in [-0.4, -0.2) is 16.2 Å². The molecule has 1 atom stereocenters. The third kappa shape index (κ3) is 1.62. The van der Waals surface area contributed by atoms with Crippen LogP contribution in [0, 0.1) is 0 Å². The second-order valence-corrected chi connectivity index (χ2v) is 2.63. The number of aromatic nitrogens is 1. The van der Waals surface area contributed by atoms with Gasteiger partial charge in [-0.25, -0.2) is 0 Å². The standard InChI is InChI=1S/C7H10N2O4/c1-3(7(11)12)5-4(2-8)13-9-6(5)10/h3H,2,8H2,1H3,(H,9,10)(H,11,12). The summed E-state index contributed by atoms with van der Waals surface area (Å²) in [4.78, 5) is 21.7. The molecule has 1 rings (SSSR count). The average Bonchev–Trinajstić information content (AvgIpc) is 2.45. The number of carbonyl (C=O) groups is 1. The smallest absolute Gasteiger partial charge is 0.311 e. The van der Waals surface area contributed by atoms with Crippen LogP contribution in [0.5, 0.6) is 0 Å². The molecular formula is C7H10N2O4. The summed E-state index contributed by atoms with van der Waals surface area (Å²) in [6.07, 6.45) is 0. The van der Waals surface area contributed by atoms with Crippen LogP contribution in [0.25, 0.3) is 0 Å². The molecule has 1 aromatic heterocycles. The van der Waals surface area contributed by atoms with Crippen molar-refractivity contribution in [2.75, 3.05) is 0 Å². The summed E-state index contributed by atoms with van der Waals surface area (Å²) in [6, 6.07) is 0. The van der Waals surface area contributed by atoms with E-state index in [1.54, 1.807) is 0 Å². The first-order chi connectivity index (χ1) is 6.07. The lowest BCUT2D eigenvalue weighted by molar-refractivity contribution is -0.138. The van der Waals surface area contributed by atoms with Crippen molar-refractivity contribution in [1.29, 1.82) is 0 Å². The molecule has 0 spiro atoms. The Labute approximate surface area is 73.3 Å². The van der Waals surface area contributed by atoms with Gasteiger partial charge in [-0.15, -0.1) is 0 Å². The van der Waals surface area contributed by atoms with Crippen molar-refractivity contribution in [2.45, 2.75) is 19.4 Å². The minimum absolute atomic E-state index is 0.00565. The van der Waals surface area contributed by atoms with Crippen molar-refractivity contribution in [3.8, 4) is 0 Å². The van der Waals surface area contributed by atoms with E-state index >= 15 is 0 Å². The minimum Gasteiger partial charge on any atom is -0.481 e. The number of hydrogen-bond donors (Lipinski definition) is 3. The van der Waals surface area contributed by atoms with E-state index in [-0.39, 0.29) is 17.9 Å². The molecule has 13 heavy (non-hydrogen) atoms. The molecule has 4 N–H and O–H groups in total. The molecule has 0 aromatic carbocycles. The van der Waals surface area contributed by atoms with Crippen molar-refractivity contribution in [3.63, 3.8) is 0 Å². The van der Waals surface area contributed by atoms with Crippen LogP contribution >= 0.6 is 0 Å². The fraction of sp³-hybridized carbons (Fsp3) is 0.429. The Kier molecular flexibility index (Phi) is 2.52.